The van der Waals surface area contributed by atoms with Crippen LogP contribution >= 0.6 is 11.6 Å². The van der Waals surface area contributed by atoms with Crippen molar-refractivity contribution in [2.45, 2.75) is 31.7 Å². The van der Waals surface area contributed by atoms with Crippen LogP contribution in [0.3, 0.4) is 0 Å². The molecule has 1 aliphatic heterocycles. The van der Waals surface area contributed by atoms with Gasteiger partial charge in [0.25, 0.3) is 0 Å². The van der Waals surface area contributed by atoms with Gasteiger partial charge in [0.1, 0.15) is 0 Å². The fourth-order valence-electron chi connectivity index (χ4n) is 1.27. The van der Waals surface area contributed by atoms with Gasteiger partial charge in [0.05, 0.1) is 5.50 Å². The van der Waals surface area contributed by atoms with Gasteiger partial charge in [0, 0.05) is 0 Å². The molecule has 9 heavy (non-hydrogen) atoms. The van der Waals surface area contributed by atoms with Gasteiger partial charge in [-0.05, 0) is 32.9 Å². The van der Waals surface area contributed by atoms with Crippen molar-refractivity contribution in [3.63, 3.8) is 0 Å². The minimum Gasteiger partial charge on any atom is -0.288 e. The fraction of sp³-hybridized carbons (Fsp3) is 1.00. The van der Waals surface area contributed by atoms with Crippen LogP contribution in [0.4, 0.5) is 0 Å². The largest absolute Gasteiger partial charge is 0.288 e. The second-order valence-electron chi connectivity index (χ2n) is 2.67. The van der Waals surface area contributed by atoms with Crippen LogP contribution in [0.5, 0.6) is 0 Å². The van der Waals surface area contributed by atoms with Gasteiger partial charge in [-0.3, -0.25) is 4.90 Å². The second-order valence-corrected chi connectivity index (χ2v) is 3.30. The summed E-state index contributed by atoms with van der Waals surface area (Å²) in [4.78, 5) is 2.32. The van der Waals surface area contributed by atoms with E-state index in [1.54, 1.807) is 0 Å². The zero-order chi connectivity index (χ0) is 6.69. The summed E-state index contributed by atoms with van der Waals surface area (Å²) in [5.41, 5.74) is 0.241. The Morgan fingerprint density at radius 1 is 1.22 bits per heavy atom. The molecule has 0 amide bonds. The van der Waals surface area contributed by atoms with Gasteiger partial charge in [-0.1, -0.05) is 6.42 Å². The monoisotopic (exact) mass is 147 g/mol. The molecule has 2 heteroatoms. The van der Waals surface area contributed by atoms with E-state index in [4.69, 9.17) is 11.6 Å². The number of likely N-dealkylation sites (tertiary alicyclic amines) is 1. The Hall–Kier alpha value is 0.250. The fourth-order valence-corrected chi connectivity index (χ4v) is 1.47. The van der Waals surface area contributed by atoms with Crippen molar-refractivity contribution < 1.29 is 0 Å². The van der Waals surface area contributed by atoms with Crippen LogP contribution in [-0.4, -0.2) is 23.5 Å². The molecule has 0 saturated carbocycles. The summed E-state index contributed by atoms with van der Waals surface area (Å²) in [5.74, 6) is 0. The Bertz CT molecular complexity index is 77.0. The highest BCUT2D eigenvalue weighted by atomic mass is 35.5. The van der Waals surface area contributed by atoms with Crippen LogP contribution in [0.25, 0.3) is 0 Å². The van der Waals surface area contributed by atoms with E-state index in [9.17, 15) is 0 Å². The zero-order valence-corrected chi connectivity index (χ0v) is 6.69. The lowest BCUT2D eigenvalue weighted by Crippen LogP contribution is -2.34. The normalized spacial score (nSPS) is 26.0. The van der Waals surface area contributed by atoms with Crippen LogP contribution in [0.2, 0.25) is 0 Å². The van der Waals surface area contributed by atoms with E-state index < -0.39 is 0 Å². The Balaban J connectivity index is 2.23. The molecule has 0 aliphatic carbocycles. The summed E-state index contributed by atoms with van der Waals surface area (Å²) < 4.78 is 0. The average Bonchev–Trinajstić information content (AvgIpc) is 1.90. The average molecular weight is 148 g/mol. The molecule has 1 rings (SSSR count). The quantitative estimate of drug-likeness (QED) is 0.406. The first kappa shape index (κ1) is 7.36. The van der Waals surface area contributed by atoms with E-state index in [0.717, 1.165) is 0 Å². The van der Waals surface area contributed by atoms with Gasteiger partial charge in [-0.15, -0.1) is 11.6 Å². The molecule has 1 fully saturated rings. The minimum atomic E-state index is 0.241. The van der Waals surface area contributed by atoms with Crippen molar-refractivity contribution in [2.24, 2.45) is 0 Å². The van der Waals surface area contributed by atoms with Crippen LogP contribution in [-0.2, 0) is 0 Å². The SMILES string of the molecule is CC(Cl)N1CCCCC1. The van der Waals surface area contributed by atoms with E-state index >= 15 is 0 Å². The van der Waals surface area contributed by atoms with Gasteiger partial charge in [0.15, 0.2) is 0 Å². The van der Waals surface area contributed by atoms with Gasteiger partial charge < -0.3 is 0 Å². The van der Waals surface area contributed by atoms with Crippen LogP contribution in [0, 0.1) is 0 Å². The smallest absolute Gasteiger partial charge is 0.0821 e. The van der Waals surface area contributed by atoms with E-state index in [1.165, 1.54) is 32.4 Å². The second kappa shape index (κ2) is 3.43. The number of nitrogens with zero attached hydrogens (tertiary/aromatic N) is 1. The molecule has 1 heterocycles. The summed E-state index contributed by atoms with van der Waals surface area (Å²) in [6.45, 7) is 4.45. The summed E-state index contributed by atoms with van der Waals surface area (Å²) in [7, 11) is 0. The molecule has 1 nitrogen and oxygen atoms in total. The summed E-state index contributed by atoms with van der Waals surface area (Å²) in [6.07, 6.45) is 4.05. The first-order valence-corrected chi connectivity index (χ1v) is 4.12. The van der Waals surface area contributed by atoms with Gasteiger partial charge >= 0.3 is 0 Å². The maximum atomic E-state index is 5.88. The number of piperidine rings is 1. The topological polar surface area (TPSA) is 3.24 Å². The minimum absolute atomic E-state index is 0.241. The lowest BCUT2D eigenvalue weighted by Gasteiger charge is -2.28. The number of halogens is 1. The van der Waals surface area contributed by atoms with Crippen molar-refractivity contribution in [2.75, 3.05) is 13.1 Å². The predicted octanol–water partition coefficient (Wildman–Crippen LogP) is 2.06. The molecule has 1 unspecified atom stereocenters. The third-order valence-corrected chi connectivity index (χ3v) is 2.17. The molecule has 0 aromatic rings. The number of hydrogen-bond donors (Lipinski definition) is 0. The summed E-state index contributed by atoms with van der Waals surface area (Å²) in [6, 6.07) is 0. The molecule has 0 aromatic heterocycles. The number of hydrogen-bond acceptors (Lipinski definition) is 1. The van der Waals surface area contributed by atoms with Crippen LogP contribution in [0.15, 0.2) is 0 Å². The molecular weight excluding hydrogens is 134 g/mol. The third kappa shape index (κ3) is 2.15. The molecule has 0 bridgehead atoms. The Kier molecular flexibility index (Phi) is 2.80. The number of alkyl halides is 1. The van der Waals surface area contributed by atoms with Gasteiger partial charge in [-0.25, -0.2) is 0 Å². The van der Waals surface area contributed by atoms with Crippen LogP contribution < -0.4 is 0 Å². The molecule has 1 atom stereocenters. The highest BCUT2D eigenvalue weighted by Crippen LogP contribution is 2.13. The zero-order valence-electron chi connectivity index (χ0n) is 5.94. The first-order valence-electron chi connectivity index (χ1n) is 3.69. The Morgan fingerprint density at radius 2 is 1.78 bits per heavy atom. The highest BCUT2D eigenvalue weighted by Gasteiger charge is 2.13. The molecule has 1 saturated heterocycles. The van der Waals surface area contributed by atoms with E-state index in [-0.39, 0.29) is 5.50 Å². The maximum absolute atomic E-state index is 5.88. The molecule has 0 N–H and O–H groups in total. The standard InChI is InChI=1S/C7H14ClN/c1-7(8)9-5-3-2-4-6-9/h7H,2-6H2,1H3. The predicted molar refractivity (Wildman–Crippen MR) is 40.7 cm³/mol. The van der Waals surface area contributed by atoms with Gasteiger partial charge in [-0.2, -0.15) is 0 Å². The lowest BCUT2D eigenvalue weighted by molar-refractivity contribution is 0.219. The molecule has 54 valence electrons. The third-order valence-electron chi connectivity index (χ3n) is 1.89. The van der Waals surface area contributed by atoms with Crippen molar-refractivity contribution >= 4 is 11.6 Å². The molecule has 0 radical (unpaired) electrons. The molecular formula is C7H14ClN. The van der Waals surface area contributed by atoms with E-state index in [2.05, 4.69) is 4.90 Å². The van der Waals surface area contributed by atoms with Crippen molar-refractivity contribution in [3.8, 4) is 0 Å². The molecule has 0 aromatic carbocycles. The Labute approximate surface area is 62.0 Å². The van der Waals surface area contributed by atoms with E-state index in [1.807, 2.05) is 6.92 Å². The van der Waals surface area contributed by atoms with Crippen LogP contribution in [0.1, 0.15) is 26.2 Å². The maximum Gasteiger partial charge on any atom is 0.0821 e. The summed E-state index contributed by atoms with van der Waals surface area (Å²) >= 11 is 5.88. The van der Waals surface area contributed by atoms with Crippen molar-refractivity contribution in [1.29, 1.82) is 0 Å². The lowest BCUT2D eigenvalue weighted by atomic mass is 10.1. The highest BCUT2D eigenvalue weighted by molar-refractivity contribution is 6.20. The first-order chi connectivity index (χ1) is 4.30. The molecule has 0 spiro atoms. The number of rotatable bonds is 1. The molecule has 1 aliphatic rings. The van der Waals surface area contributed by atoms with E-state index in [0.29, 0.717) is 0 Å². The van der Waals surface area contributed by atoms with Crippen molar-refractivity contribution in [1.82, 2.24) is 4.90 Å². The Morgan fingerprint density at radius 3 is 2.11 bits per heavy atom. The van der Waals surface area contributed by atoms with Gasteiger partial charge in [0.2, 0.25) is 0 Å². The van der Waals surface area contributed by atoms with Crippen molar-refractivity contribution in [3.05, 3.63) is 0 Å². The summed E-state index contributed by atoms with van der Waals surface area (Å²) in [5, 5.41) is 0.